The highest BCUT2D eigenvalue weighted by atomic mass is 32.1. The number of benzene rings is 1. The highest BCUT2D eigenvalue weighted by molar-refractivity contribution is 7.09. The molecule has 7 nitrogen and oxygen atoms in total. The van der Waals surface area contributed by atoms with Crippen molar-refractivity contribution in [2.45, 2.75) is 19.0 Å². The van der Waals surface area contributed by atoms with E-state index >= 15 is 0 Å². The summed E-state index contributed by atoms with van der Waals surface area (Å²) < 4.78 is 1.48. The summed E-state index contributed by atoms with van der Waals surface area (Å²) in [7, 11) is 0. The minimum absolute atomic E-state index is 0.133. The highest BCUT2D eigenvalue weighted by Gasteiger charge is 2.22. The molecule has 1 aromatic carbocycles. The zero-order valence-corrected chi connectivity index (χ0v) is 12.5. The lowest BCUT2D eigenvalue weighted by atomic mass is 10.1. The summed E-state index contributed by atoms with van der Waals surface area (Å²) >= 11 is 1.51. The molecule has 0 saturated heterocycles. The number of aromatic nitrogens is 5. The molecule has 0 saturated carbocycles. The number of nitrogens with one attached hydrogen (secondary N) is 1. The second-order valence-corrected chi connectivity index (χ2v) is 5.62. The molecule has 2 aromatic heterocycles. The Balaban J connectivity index is 1.72. The normalized spacial score (nSPS) is 12.0. The van der Waals surface area contributed by atoms with Gasteiger partial charge >= 0.3 is 0 Å². The molecule has 0 spiro atoms. The number of carbonyl (C=O) groups is 1. The molecule has 0 unspecified atom stereocenters. The molecular weight excluding hydrogens is 300 g/mol. The summed E-state index contributed by atoms with van der Waals surface area (Å²) in [6.07, 6.45) is 3.70. The molecule has 1 N–H and O–H groups in total. The molecule has 3 aromatic rings. The fourth-order valence-corrected chi connectivity index (χ4v) is 2.63. The number of thiazole rings is 1. The van der Waals surface area contributed by atoms with Gasteiger partial charge in [0.1, 0.15) is 17.4 Å². The number of rotatable bonds is 6. The molecule has 2 heterocycles. The van der Waals surface area contributed by atoms with Gasteiger partial charge in [-0.1, -0.05) is 30.3 Å². The first-order valence-electron chi connectivity index (χ1n) is 6.75. The van der Waals surface area contributed by atoms with Crippen LogP contribution in [-0.4, -0.2) is 31.1 Å². The molecule has 1 atom stereocenters. The van der Waals surface area contributed by atoms with Gasteiger partial charge in [-0.3, -0.25) is 4.79 Å². The Hall–Kier alpha value is -2.61. The molecular formula is C14H14N6OS. The molecule has 22 heavy (non-hydrogen) atoms. The summed E-state index contributed by atoms with van der Waals surface area (Å²) in [6, 6.07) is 9.30. The van der Waals surface area contributed by atoms with Gasteiger partial charge in [0.15, 0.2) is 0 Å². The lowest BCUT2D eigenvalue weighted by Crippen LogP contribution is -2.33. The molecule has 0 aliphatic heterocycles. The SMILES string of the molecule is O=C(NCc1nccs1)[C@H](Cc1ccccc1)n1cnnn1. The average Bonchev–Trinajstić information content (AvgIpc) is 3.24. The molecule has 8 heteroatoms. The van der Waals surface area contributed by atoms with Gasteiger partial charge in [-0.2, -0.15) is 0 Å². The fourth-order valence-electron chi connectivity index (χ4n) is 2.08. The Bertz CT molecular complexity index is 698. The number of amides is 1. The molecule has 0 radical (unpaired) electrons. The average molecular weight is 314 g/mol. The number of hydrogen-bond acceptors (Lipinski definition) is 6. The van der Waals surface area contributed by atoms with Crippen LogP contribution in [0.1, 0.15) is 16.6 Å². The van der Waals surface area contributed by atoms with Crippen molar-refractivity contribution < 1.29 is 4.79 Å². The maximum atomic E-state index is 12.5. The van der Waals surface area contributed by atoms with E-state index in [-0.39, 0.29) is 5.91 Å². The second-order valence-electron chi connectivity index (χ2n) is 4.64. The van der Waals surface area contributed by atoms with E-state index in [4.69, 9.17) is 0 Å². The van der Waals surface area contributed by atoms with Crippen molar-refractivity contribution in [3.63, 3.8) is 0 Å². The van der Waals surface area contributed by atoms with E-state index in [0.717, 1.165) is 10.6 Å². The lowest BCUT2D eigenvalue weighted by molar-refractivity contribution is -0.124. The monoisotopic (exact) mass is 314 g/mol. The van der Waals surface area contributed by atoms with Gasteiger partial charge in [-0.05, 0) is 16.0 Å². The van der Waals surface area contributed by atoms with Gasteiger partial charge in [0.05, 0.1) is 6.54 Å². The van der Waals surface area contributed by atoms with E-state index in [9.17, 15) is 4.79 Å². The molecule has 0 bridgehead atoms. The molecule has 0 aliphatic rings. The lowest BCUT2D eigenvalue weighted by Gasteiger charge is -2.16. The van der Waals surface area contributed by atoms with Crippen molar-refractivity contribution >= 4 is 17.2 Å². The van der Waals surface area contributed by atoms with Crippen LogP contribution in [0.15, 0.2) is 48.2 Å². The minimum atomic E-state index is -0.489. The Morgan fingerprint density at radius 3 is 2.86 bits per heavy atom. The van der Waals surface area contributed by atoms with Crippen LogP contribution in [0.25, 0.3) is 0 Å². The van der Waals surface area contributed by atoms with Crippen LogP contribution in [0.2, 0.25) is 0 Å². The zero-order valence-electron chi connectivity index (χ0n) is 11.7. The highest BCUT2D eigenvalue weighted by Crippen LogP contribution is 2.13. The van der Waals surface area contributed by atoms with Gasteiger partial charge in [0.25, 0.3) is 0 Å². The summed E-state index contributed by atoms with van der Waals surface area (Å²) in [5, 5.41) is 16.7. The predicted molar refractivity (Wildman–Crippen MR) is 81.0 cm³/mol. The standard InChI is InChI=1S/C14H14N6OS/c21-14(16-9-13-15-6-7-22-13)12(20-10-17-18-19-20)8-11-4-2-1-3-5-11/h1-7,10,12H,8-9H2,(H,16,21)/t12-/m0/s1. The summed E-state index contributed by atoms with van der Waals surface area (Å²) in [6.45, 7) is 0.407. The number of carbonyl (C=O) groups excluding carboxylic acids is 1. The van der Waals surface area contributed by atoms with Crippen LogP contribution in [0.3, 0.4) is 0 Å². The van der Waals surface area contributed by atoms with E-state index in [2.05, 4.69) is 25.8 Å². The summed E-state index contributed by atoms with van der Waals surface area (Å²) in [4.78, 5) is 16.6. The van der Waals surface area contributed by atoms with Gasteiger partial charge < -0.3 is 5.32 Å². The van der Waals surface area contributed by atoms with E-state index in [1.54, 1.807) is 6.20 Å². The minimum Gasteiger partial charge on any atom is -0.348 e. The van der Waals surface area contributed by atoms with E-state index in [1.165, 1.54) is 22.3 Å². The van der Waals surface area contributed by atoms with E-state index < -0.39 is 6.04 Å². The van der Waals surface area contributed by atoms with E-state index in [1.807, 2.05) is 35.7 Å². The second kappa shape index (κ2) is 6.90. The van der Waals surface area contributed by atoms with Crippen molar-refractivity contribution in [1.82, 2.24) is 30.5 Å². The van der Waals surface area contributed by atoms with Crippen LogP contribution in [0, 0.1) is 0 Å². The fraction of sp³-hybridized carbons (Fsp3) is 0.214. The Morgan fingerprint density at radius 1 is 1.32 bits per heavy atom. The topological polar surface area (TPSA) is 85.6 Å². The zero-order chi connectivity index (χ0) is 15.2. The Labute approximate surface area is 131 Å². The van der Waals surface area contributed by atoms with Crippen LogP contribution < -0.4 is 5.32 Å². The molecule has 0 fully saturated rings. The molecule has 0 aliphatic carbocycles. The first kappa shape index (κ1) is 14.3. The summed E-state index contributed by atoms with van der Waals surface area (Å²) in [5.74, 6) is -0.133. The van der Waals surface area contributed by atoms with Gasteiger partial charge in [0.2, 0.25) is 5.91 Å². The molecule has 1 amide bonds. The largest absolute Gasteiger partial charge is 0.348 e. The van der Waals surface area contributed by atoms with Crippen LogP contribution in [0.4, 0.5) is 0 Å². The third-order valence-electron chi connectivity index (χ3n) is 3.16. The van der Waals surface area contributed by atoms with Crippen molar-refractivity contribution in [2.75, 3.05) is 0 Å². The first-order valence-corrected chi connectivity index (χ1v) is 7.63. The number of tetrazole rings is 1. The van der Waals surface area contributed by atoms with Crippen LogP contribution in [0.5, 0.6) is 0 Å². The smallest absolute Gasteiger partial charge is 0.245 e. The Kier molecular flexibility index (Phi) is 4.50. The van der Waals surface area contributed by atoms with Crippen molar-refractivity contribution in [2.24, 2.45) is 0 Å². The van der Waals surface area contributed by atoms with E-state index in [0.29, 0.717) is 13.0 Å². The maximum absolute atomic E-state index is 12.5. The third kappa shape index (κ3) is 3.53. The van der Waals surface area contributed by atoms with Crippen LogP contribution >= 0.6 is 11.3 Å². The Morgan fingerprint density at radius 2 is 2.18 bits per heavy atom. The van der Waals surface area contributed by atoms with Gasteiger partial charge in [-0.25, -0.2) is 9.67 Å². The third-order valence-corrected chi connectivity index (χ3v) is 3.94. The van der Waals surface area contributed by atoms with Crippen molar-refractivity contribution in [3.8, 4) is 0 Å². The molecule has 112 valence electrons. The van der Waals surface area contributed by atoms with Crippen molar-refractivity contribution in [1.29, 1.82) is 0 Å². The van der Waals surface area contributed by atoms with Gasteiger partial charge in [0, 0.05) is 18.0 Å². The number of nitrogens with zero attached hydrogens (tertiary/aromatic N) is 5. The maximum Gasteiger partial charge on any atom is 0.245 e. The van der Waals surface area contributed by atoms with Crippen molar-refractivity contribution in [3.05, 3.63) is 58.8 Å². The molecule has 3 rings (SSSR count). The first-order chi connectivity index (χ1) is 10.8. The van der Waals surface area contributed by atoms with Gasteiger partial charge in [-0.15, -0.1) is 16.4 Å². The predicted octanol–water partition coefficient (Wildman–Crippen LogP) is 1.23. The summed E-state index contributed by atoms with van der Waals surface area (Å²) in [5.41, 5.74) is 1.05. The quantitative estimate of drug-likeness (QED) is 0.739. The van der Waals surface area contributed by atoms with Crippen LogP contribution in [-0.2, 0) is 17.8 Å². The number of hydrogen-bond donors (Lipinski definition) is 1.